The van der Waals surface area contributed by atoms with Crippen LogP contribution in [0.3, 0.4) is 0 Å². The molecule has 27 heavy (non-hydrogen) atoms. The number of amides is 1. The van der Waals surface area contributed by atoms with Crippen LogP contribution >= 0.6 is 11.6 Å². The van der Waals surface area contributed by atoms with E-state index in [1.807, 2.05) is 30.3 Å². The van der Waals surface area contributed by atoms with Crippen LogP contribution < -0.4 is 4.74 Å². The third kappa shape index (κ3) is 3.95. The number of aromatic nitrogens is 3. The number of hydrogen-bond acceptors (Lipinski definition) is 4. The number of rotatable bonds is 4. The van der Waals surface area contributed by atoms with Crippen LogP contribution in [0.25, 0.3) is 11.3 Å². The highest BCUT2D eigenvalue weighted by molar-refractivity contribution is 6.31. The van der Waals surface area contributed by atoms with Crippen molar-refractivity contribution in [3.63, 3.8) is 0 Å². The molecular formula is C20H19ClN4O2. The van der Waals surface area contributed by atoms with E-state index in [4.69, 9.17) is 16.3 Å². The summed E-state index contributed by atoms with van der Waals surface area (Å²) in [6, 6.07) is 13.3. The fourth-order valence-electron chi connectivity index (χ4n) is 3.21. The Hall–Kier alpha value is -2.86. The molecule has 6 nitrogen and oxygen atoms in total. The third-order valence-electron chi connectivity index (χ3n) is 4.57. The van der Waals surface area contributed by atoms with E-state index in [1.54, 1.807) is 29.4 Å². The van der Waals surface area contributed by atoms with Crippen molar-refractivity contribution in [3.8, 4) is 17.0 Å². The van der Waals surface area contributed by atoms with E-state index < -0.39 is 0 Å². The fourth-order valence-corrected chi connectivity index (χ4v) is 3.38. The Balaban J connectivity index is 1.44. The summed E-state index contributed by atoms with van der Waals surface area (Å²) in [5, 5.41) is 7.61. The molecule has 1 atom stereocenters. The average Bonchev–Trinajstić information content (AvgIpc) is 3.20. The molecule has 1 fully saturated rings. The van der Waals surface area contributed by atoms with Gasteiger partial charge in [0.1, 0.15) is 22.6 Å². The minimum absolute atomic E-state index is 0.0705. The monoisotopic (exact) mass is 382 g/mol. The van der Waals surface area contributed by atoms with Gasteiger partial charge in [-0.3, -0.25) is 14.9 Å². The van der Waals surface area contributed by atoms with E-state index in [1.165, 1.54) is 0 Å². The number of benzene rings is 1. The number of carbonyl (C=O) groups excluding carboxylic acids is 1. The van der Waals surface area contributed by atoms with E-state index in [-0.39, 0.29) is 12.0 Å². The van der Waals surface area contributed by atoms with Crippen LogP contribution in [0, 0.1) is 0 Å². The molecule has 1 aliphatic rings. The Morgan fingerprint density at radius 2 is 2.11 bits per heavy atom. The molecule has 7 heteroatoms. The van der Waals surface area contributed by atoms with Gasteiger partial charge in [0.15, 0.2) is 0 Å². The van der Waals surface area contributed by atoms with Gasteiger partial charge in [0.05, 0.1) is 12.2 Å². The van der Waals surface area contributed by atoms with Gasteiger partial charge in [0.2, 0.25) is 0 Å². The second kappa shape index (κ2) is 7.80. The molecule has 4 rings (SSSR count). The molecular weight excluding hydrogens is 364 g/mol. The molecule has 1 saturated heterocycles. The van der Waals surface area contributed by atoms with Crippen LogP contribution in [0.2, 0.25) is 5.02 Å². The lowest BCUT2D eigenvalue weighted by molar-refractivity contribution is 0.0532. The summed E-state index contributed by atoms with van der Waals surface area (Å²) in [5.74, 6) is 0.526. The second-order valence-corrected chi connectivity index (χ2v) is 6.88. The van der Waals surface area contributed by atoms with Crippen molar-refractivity contribution in [1.82, 2.24) is 20.1 Å². The zero-order valence-electron chi connectivity index (χ0n) is 14.6. The van der Waals surface area contributed by atoms with E-state index in [2.05, 4.69) is 15.2 Å². The number of likely N-dealkylation sites (tertiary alicyclic amines) is 1. The second-order valence-electron chi connectivity index (χ2n) is 6.47. The molecule has 1 aliphatic heterocycles. The molecule has 1 N–H and O–H groups in total. The summed E-state index contributed by atoms with van der Waals surface area (Å²) in [7, 11) is 0. The van der Waals surface area contributed by atoms with Crippen LogP contribution in [0.15, 0.2) is 54.9 Å². The first-order valence-corrected chi connectivity index (χ1v) is 9.25. The van der Waals surface area contributed by atoms with Crippen molar-refractivity contribution in [2.75, 3.05) is 13.1 Å². The number of pyridine rings is 1. The van der Waals surface area contributed by atoms with Gasteiger partial charge in [-0.05, 0) is 18.9 Å². The van der Waals surface area contributed by atoms with Crippen LogP contribution in [0.4, 0.5) is 0 Å². The van der Waals surface area contributed by atoms with Crippen LogP contribution in [-0.2, 0) is 0 Å². The third-order valence-corrected chi connectivity index (χ3v) is 4.86. The molecule has 3 heterocycles. The van der Waals surface area contributed by atoms with E-state index in [0.717, 1.165) is 24.1 Å². The lowest BCUT2D eigenvalue weighted by Crippen LogP contribution is -2.44. The van der Waals surface area contributed by atoms with Crippen molar-refractivity contribution in [2.45, 2.75) is 18.9 Å². The highest BCUT2D eigenvalue weighted by Crippen LogP contribution is 2.26. The van der Waals surface area contributed by atoms with Gasteiger partial charge in [0, 0.05) is 30.6 Å². The van der Waals surface area contributed by atoms with Gasteiger partial charge < -0.3 is 9.64 Å². The summed E-state index contributed by atoms with van der Waals surface area (Å²) >= 11 is 6.12. The quantitative estimate of drug-likeness (QED) is 0.744. The smallest absolute Gasteiger partial charge is 0.272 e. The number of carbonyl (C=O) groups is 1. The van der Waals surface area contributed by atoms with Crippen molar-refractivity contribution in [1.29, 1.82) is 0 Å². The minimum Gasteiger partial charge on any atom is -0.487 e. The van der Waals surface area contributed by atoms with E-state index in [9.17, 15) is 4.79 Å². The van der Waals surface area contributed by atoms with Crippen molar-refractivity contribution in [2.24, 2.45) is 0 Å². The number of halogens is 1. The maximum absolute atomic E-state index is 12.9. The molecule has 0 spiro atoms. The Morgan fingerprint density at radius 1 is 1.26 bits per heavy atom. The molecule has 2 aromatic heterocycles. The van der Waals surface area contributed by atoms with Crippen molar-refractivity contribution < 1.29 is 9.53 Å². The lowest BCUT2D eigenvalue weighted by Gasteiger charge is -2.32. The first-order chi connectivity index (χ1) is 13.2. The minimum atomic E-state index is -0.0980. The van der Waals surface area contributed by atoms with Gasteiger partial charge in [-0.25, -0.2) is 0 Å². The molecule has 1 unspecified atom stereocenters. The summed E-state index contributed by atoms with van der Waals surface area (Å²) in [6.07, 6.45) is 4.85. The SMILES string of the molecule is O=C(c1cc(-c2ccccc2)n[nH]1)N1CCCC(Oc2ccncc2Cl)C1. The largest absolute Gasteiger partial charge is 0.487 e. The first kappa shape index (κ1) is 17.5. The summed E-state index contributed by atoms with van der Waals surface area (Å²) in [5.41, 5.74) is 2.21. The molecule has 0 radical (unpaired) electrons. The van der Waals surface area contributed by atoms with E-state index in [0.29, 0.717) is 29.6 Å². The topological polar surface area (TPSA) is 71.1 Å². The number of aromatic amines is 1. The molecule has 1 amide bonds. The highest BCUT2D eigenvalue weighted by Gasteiger charge is 2.27. The average molecular weight is 383 g/mol. The number of nitrogens with zero attached hydrogens (tertiary/aromatic N) is 3. The molecule has 138 valence electrons. The lowest BCUT2D eigenvalue weighted by atomic mass is 10.1. The maximum atomic E-state index is 12.9. The van der Waals surface area contributed by atoms with Gasteiger partial charge >= 0.3 is 0 Å². The van der Waals surface area contributed by atoms with E-state index >= 15 is 0 Å². The fraction of sp³-hybridized carbons (Fsp3) is 0.250. The predicted octanol–water partition coefficient (Wildman–Crippen LogP) is 3.81. The normalized spacial score (nSPS) is 16.9. The number of piperidine rings is 1. The Morgan fingerprint density at radius 3 is 2.93 bits per heavy atom. The molecule has 1 aromatic carbocycles. The summed E-state index contributed by atoms with van der Waals surface area (Å²) in [6.45, 7) is 1.21. The molecule has 0 saturated carbocycles. The van der Waals surface area contributed by atoms with Gasteiger partial charge in [0.25, 0.3) is 5.91 Å². The molecule has 0 bridgehead atoms. The first-order valence-electron chi connectivity index (χ1n) is 8.87. The Labute approximate surface area is 162 Å². The van der Waals surface area contributed by atoms with Gasteiger partial charge in [-0.2, -0.15) is 5.10 Å². The number of ether oxygens (including phenoxy) is 1. The van der Waals surface area contributed by atoms with Crippen molar-refractivity contribution >= 4 is 17.5 Å². The highest BCUT2D eigenvalue weighted by atomic mass is 35.5. The predicted molar refractivity (Wildman–Crippen MR) is 103 cm³/mol. The zero-order chi connectivity index (χ0) is 18.6. The van der Waals surface area contributed by atoms with Gasteiger partial charge in [-0.1, -0.05) is 41.9 Å². The van der Waals surface area contributed by atoms with Gasteiger partial charge in [-0.15, -0.1) is 0 Å². The Bertz CT molecular complexity index is 928. The standard InChI is InChI=1S/C20H19ClN4O2/c21-16-12-22-9-8-19(16)27-15-7-4-10-25(13-15)20(26)18-11-17(23-24-18)14-5-2-1-3-6-14/h1-3,5-6,8-9,11-12,15H,4,7,10,13H2,(H,23,24). The zero-order valence-corrected chi connectivity index (χ0v) is 15.4. The van der Waals surface area contributed by atoms with Crippen LogP contribution in [-0.4, -0.2) is 45.2 Å². The number of nitrogens with one attached hydrogen (secondary N) is 1. The summed E-state index contributed by atoms with van der Waals surface area (Å²) in [4.78, 5) is 18.6. The summed E-state index contributed by atoms with van der Waals surface area (Å²) < 4.78 is 5.99. The number of H-pyrrole nitrogens is 1. The molecule has 3 aromatic rings. The van der Waals surface area contributed by atoms with Crippen LogP contribution in [0.1, 0.15) is 23.3 Å². The molecule has 0 aliphatic carbocycles. The Kier molecular flexibility index (Phi) is 5.07. The number of hydrogen-bond donors (Lipinski definition) is 1. The van der Waals surface area contributed by atoms with Crippen molar-refractivity contribution in [3.05, 3.63) is 65.6 Å². The maximum Gasteiger partial charge on any atom is 0.272 e. The van der Waals surface area contributed by atoms with Crippen LogP contribution in [0.5, 0.6) is 5.75 Å².